The number of carboxylic acids is 1. The molecule has 1 aliphatic carbocycles. The fraction of sp³-hybridized carbons (Fsp3) is 0.412. The van der Waals surface area contributed by atoms with Gasteiger partial charge in [0.2, 0.25) is 0 Å². The van der Waals surface area contributed by atoms with Crippen molar-refractivity contribution in [3.05, 3.63) is 45.9 Å². The van der Waals surface area contributed by atoms with Crippen LogP contribution in [0.25, 0.3) is 0 Å². The lowest BCUT2D eigenvalue weighted by atomic mass is 9.64. The third-order valence-corrected chi connectivity index (χ3v) is 5.41. The zero-order valence-electron chi connectivity index (χ0n) is 12.6. The number of hydrogen-bond acceptors (Lipinski definition) is 4. The van der Waals surface area contributed by atoms with Crippen molar-refractivity contribution < 1.29 is 9.90 Å². The number of thiazole rings is 1. The molecule has 0 radical (unpaired) electrons. The van der Waals surface area contributed by atoms with Crippen molar-refractivity contribution in [3.63, 3.8) is 0 Å². The van der Waals surface area contributed by atoms with Gasteiger partial charge in [-0.15, -0.1) is 11.3 Å². The van der Waals surface area contributed by atoms with Crippen LogP contribution in [-0.2, 0) is 16.6 Å². The zero-order valence-corrected chi connectivity index (χ0v) is 13.4. The maximum Gasteiger partial charge on any atom is 0.314 e. The van der Waals surface area contributed by atoms with Gasteiger partial charge in [0.25, 0.3) is 0 Å². The van der Waals surface area contributed by atoms with Crippen molar-refractivity contribution in [2.75, 3.05) is 11.9 Å². The smallest absolute Gasteiger partial charge is 0.314 e. The lowest BCUT2D eigenvalue weighted by molar-refractivity contribution is -0.147. The van der Waals surface area contributed by atoms with Crippen molar-refractivity contribution in [1.29, 1.82) is 0 Å². The molecule has 1 aliphatic rings. The van der Waals surface area contributed by atoms with Crippen LogP contribution in [0.1, 0.15) is 35.5 Å². The molecule has 1 aromatic heterocycles. The van der Waals surface area contributed by atoms with Gasteiger partial charge in [0.05, 0.1) is 10.4 Å². The van der Waals surface area contributed by atoms with Crippen LogP contribution in [0.5, 0.6) is 0 Å². The van der Waals surface area contributed by atoms with E-state index in [-0.39, 0.29) is 0 Å². The summed E-state index contributed by atoms with van der Waals surface area (Å²) >= 11 is 1.69. The molecule has 0 saturated heterocycles. The molecule has 0 unspecified atom stereocenters. The van der Waals surface area contributed by atoms with Crippen LogP contribution in [-0.4, -0.2) is 22.6 Å². The highest BCUT2D eigenvalue weighted by Crippen LogP contribution is 2.44. The highest BCUT2D eigenvalue weighted by Gasteiger charge is 2.45. The van der Waals surface area contributed by atoms with E-state index in [2.05, 4.69) is 15.7 Å². The van der Waals surface area contributed by atoms with Gasteiger partial charge in [0, 0.05) is 29.7 Å². The predicted octanol–water partition coefficient (Wildman–Crippen LogP) is 3.61. The summed E-state index contributed by atoms with van der Waals surface area (Å²) in [6.07, 6.45) is 3.40. The maximum absolute atomic E-state index is 11.5. The van der Waals surface area contributed by atoms with Crippen molar-refractivity contribution in [1.82, 2.24) is 4.98 Å². The summed E-state index contributed by atoms with van der Waals surface area (Å²) in [5, 5.41) is 16.0. The Labute approximate surface area is 134 Å². The average molecular weight is 316 g/mol. The molecule has 1 aromatic carbocycles. The summed E-state index contributed by atoms with van der Waals surface area (Å²) < 4.78 is 0. The maximum atomic E-state index is 11.5. The van der Waals surface area contributed by atoms with E-state index in [0.29, 0.717) is 0 Å². The van der Waals surface area contributed by atoms with Gasteiger partial charge < -0.3 is 10.4 Å². The second-order valence-electron chi connectivity index (χ2n) is 5.88. The minimum Gasteiger partial charge on any atom is -0.481 e. The molecule has 2 N–H and O–H groups in total. The van der Waals surface area contributed by atoms with Gasteiger partial charge in [0.1, 0.15) is 0 Å². The number of aryl methyl sites for hydroxylation is 1. The number of carboxylic acid groups (broad SMARTS) is 1. The first-order valence-corrected chi connectivity index (χ1v) is 8.47. The predicted molar refractivity (Wildman–Crippen MR) is 88.7 cm³/mol. The zero-order chi connectivity index (χ0) is 15.6. The molecule has 0 bridgehead atoms. The van der Waals surface area contributed by atoms with Crippen molar-refractivity contribution in [3.8, 4) is 0 Å². The lowest BCUT2D eigenvalue weighted by Crippen LogP contribution is -2.42. The molecule has 1 saturated carbocycles. The summed E-state index contributed by atoms with van der Waals surface area (Å²) in [6, 6.07) is 7.85. The van der Waals surface area contributed by atoms with Crippen LogP contribution in [0.2, 0.25) is 0 Å². The van der Waals surface area contributed by atoms with E-state index in [1.165, 1.54) is 0 Å². The van der Waals surface area contributed by atoms with E-state index in [1.807, 2.05) is 31.2 Å². The van der Waals surface area contributed by atoms with Gasteiger partial charge in [-0.05, 0) is 37.5 Å². The van der Waals surface area contributed by atoms with Crippen LogP contribution in [0.15, 0.2) is 29.6 Å². The molecule has 0 spiro atoms. The molecule has 0 atom stereocenters. The monoisotopic (exact) mass is 316 g/mol. The minimum atomic E-state index is -0.696. The number of nitrogens with one attached hydrogen (secondary N) is 1. The van der Waals surface area contributed by atoms with E-state index in [4.69, 9.17) is 0 Å². The number of benzene rings is 1. The molecular formula is C17H20N2O2S. The molecule has 4 nitrogen and oxygen atoms in total. The van der Waals surface area contributed by atoms with Gasteiger partial charge >= 0.3 is 5.97 Å². The summed E-state index contributed by atoms with van der Waals surface area (Å²) in [4.78, 5) is 15.9. The first-order chi connectivity index (χ1) is 10.6. The van der Waals surface area contributed by atoms with Gasteiger partial charge in [-0.1, -0.05) is 18.6 Å². The number of hydrogen-bond donors (Lipinski definition) is 2. The van der Waals surface area contributed by atoms with Gasteiger partial charge in [0.15, 0.2) is 0 Å². The van der Waals surface area contributed by atoms with Crippen LogP contribution in [0.4, 0.5) is 5.69 Å². The van der Waals surface area contributed by atoms with Crippen LogP contribution in [0.3, 0.4) is 0 Å². The van der Waals surface area contributed by atoms with E-state index in [9.17, 15) is 9.90 Å². The molecule has 1 fully saturated rings. The van der Waals surface area contributed by atoms with E-state index in [1.54, 1.807) is 11.3 Å². The minimum absolute atomic E-state index is 0.642. The van der Waals surface area contributed by atoms with Crippen LogP contribution in [0, 0.1) is 6.92 Å². The molecule has 5 heteroatoms. The largest absolute Gasteiger partial charge is 0.481 e. The third kappa shape index (κ3) is 2.86. The second-order valence-corrected chi connectivity index (χ2v) is 6.82. The number of aromatic nitrogens is 1. The van der Waals surface area contributed by atoms with Crippen molar-refractivity contribution in [2.45, 2.75) is 38.0 Å². The highest BCUT2D eigenvalue weighted by molar-refractivity contribution is 7.09. The Bertz CT molecular complexity index is 660. The van der Waals surface area contributed by atoms with Gasteiger partial charge in [-0.3, -0.25) is 4.79 Å². The Kier molecular flexibility index (Phi) is 4.16. The van der Waals surface area contributed by atoms with E-state index in [0.717, 1.165) is 54.2 Å². The topological polar surface area (TPSA) is 62.2 Å². The first-order valence-electron chi connectivity index (χ1n) is 7.59. The van der Waals surface area contributed by atoms with Crippen molar-refractivity contribution >= 4 is 23.0 Å². The standard InChI is InChI=1S/C17H20N2O2S/c1-12-11-22-15(19-12)7-10-18-14-5-3-13(4-6-14)17(16(20)21)8-2-9-17/h3-6,11,18H,2,7-10H2,1H3,(H,20,21). The number of carbonyl (C=O) groups is 1. The molecular weight excluding hydrogens is 296 g/mol. The number of rotatable bonds is 6. The normalized spacial score (nSPS) is 16.0. The number of anilines is 1. The van der Waals surface area contributed by atoms with Gasteiger partial charge in [-0.2, -0.15) is 0 Å². The van der Waals surface area contributed by atoms with Crippen molar-refractivity contribution in [2.24, 2.45) is 0 Å². The van der Waals surface area contributed by atoms with Crippen LogP contribution >= 0.6 is 11.3 Å². The SMILES string of the molecule is Cc1csc(CCNc2ccc(C3(C(=O)O)CCC3)cc2)n1. The average Bonchev–Trinajstić information content (AvgIpc) is 2.84. The number of nitrogens with zero attached hydrogens (tertiary/aromatic N) is 1. The Morgan fingerprint density at radius 1 is 1.36 bits per heavy atom. The molecule has 0 amide bonds. The summed E-state index contributed by atoms with van der Waals surface area (Å²) in [5.41, 5.74) is 2.38. The molecule has 1 heterocycles. The first kappa shape index (κ1) is 15.0. The quantitative estimate of drug-likeness (QED) is 0.854. The van der Waals surface area contributed by atoms with E-state index >= 15 is 0 Å². The molecule has 2 aromatic rings. The summed E-state index contributed by atoms with van der Waals surface area (Å²) in [5.74, 6) is -0.696. The Hall–Kier alpha value is -1.88. The fourth-order valence-electron chi connectivity index (χ4n) is 2.89. The van der Waals surface area contributed by atoms with Crippen LogP contribution < -0.4 is 5.32 Å². The molecule has 116 valence electrons. The summed E-state index contributed by atoms with van der Waals surface area (Å²) in [6.45, 7) is 2.83. The summed E-state index contributed by atoms with van der Waals surface area (Å²) in [7, 11) is 0. The lowest BCUT2D eigenvalue weighted by Gasteiger charge is -2.38. The Morgan fingerprint density at radius 2 is 2.09 bits per heavy atom. The van der Waals surface area contributed by atoms with E-state index < -0.39 is 11.4 Å². The molecule has 22 heavy (non-hydrogen) atoms. The molecule has 0 aliphatic heterocycles. The Balaban J connectivity index is 1.59. The fourth-order valence-corrected chi connectivity index (χ4v) is 3.67. The Morgan fingerprint density at radius 3 is 2.59 bits per heavy atom. The number of aliphatic carboxylic acids is 1. The highest BCUT2D eigenvalue weighted by atomic mass is 32.1. The second kappa shape index (κ2) is 6.08. The van der Waals surface area contributed by atoms with Gasteiger partial charge in [-0.25, -0.2) is 4.98 Å². The molecule has 3 rings (SSSR count). The third-order valence-electron chi connectivity index (χ3n) is 4.39.